The minimum Gasteiger partial charge on any atom is -0.256 e. The molecule has 0 unspecified atom stereocenters. The van der Waals surface area contributed by atoms with E-state index in [1.165, 1.54) is 22.3 Å². The first-order chi connectivity index (χ1) is 9.16. The predicted octanol–water partition coefficient (Wildman–Crippen LogP) is 5.03. The van der Waals surface area contributed by atoms with Gasteiger partial charge in [-0.05, 0) is 43.5 Å². The molecular formula is C18H19N. The molecule has 0 fully saturated rings. The van der Waals surface area contributed by atoms with E-state index in [9.17, 15) is 0 Å². The van der Waals surface area contributed by atoms with Gasteiger partial charge in [-0.25, -0.2) is 0 Å². The molecule has 0 saturated heterocycles. The lowest BCUT2D eigenvalue weighted by Gasteiger charge is -2.05. The van der Waals surface area contributed by atoms with E-state index in [1.54, 1.807) is 0 Å². The Morgan fingerprint density at radius 2 is 1.53 bits per heavy atom. The van der Waals surface area contributed by atoms with Crippen LogP contribution in [0.2, 0.25) is 0 Å². The number of benzene rings is 2. The van der Waals surface area contributed by atoms with E-state index in [0.717, 1.165) is 5.69 Å². The highest BCUT2D eigenvalue weighted by Crippen LogP contribution is 2.24. The van der Waals surface area contributed by atoms with Crippen molar-refractivity contribution in [2.24, 2.45) is 4.99 Å². The summed E-state index contributed by atoms with van der Waals surface area (Å²) in [6.45, 7) is 6.32. The summed E-state index contributed by atoms with van der Waals surface area (Å²) >= 11 is 0. The second-order valence-corrected chi connectivity index (χ2v) is 4.80. The second kappa shape index (κ2) is 6.14. The van der Waals surface area contributed by atoms with Gasteiger partial charge in [0.25, 0.3) is 0 Å². The Labute approximate surface area is 115 Å². The maximum absolute atomic E-state index is 4.55. The van der Waals surface area contributed by atoms with Crippen molar-refractivity contribution in [2.75, 3.05) is 0 Å². The first-order valence-electron chi connectivity index (χ1n) is 6.50. The lowest BCUT2D eigenvalue weighted by atomic mass is 10.1. The van der Waals surface area contributed by atoms with E-state index >= 15 is 0 Å². The van der Waals surface area contributed by atoms with Gasteiger partial charge < -0.3 is 0 Å². The van der Waals surface area contributed by atoms with Crippen LogP contribution in [0.3, 0.4) is 0 Å². The molecule has 2 aromatic rings. The molecule has 0 aliphatic heterocycles. The van der Waals surface area contributed by atoms with Crippen LogP contribution in [0.4, 0.5) is 5.69 Å². The summed E-state index contributed by atoms with van der Waals surface area (Å²) in [6.07, 6.45) is 5.90. The molecule has 0 saturated carbocycles. The van der Waals surface area contributed by atoms with Crippen LogP contribution in [-0.4, -0.2) is 6.21 Å². The molecule has 2 rings (SSSR count). The molecule has 0 aliphatic rings. The number of aliphatic imine (C=N–C) groups is 1. The van der Waals surface area contributed by atoms with Gasteiger partial charge in [0.2, 0.25) is 0 Å². The smallest absolute Gasteiger partial charge is 0.0688 e. The largest absolute Gasteiger partial charge is 0.256 e. The minimum atomic E-state index is 1.07. The van der Waals surface area contributed by atoms with Crippen molar-refractivity contribution in [2.45, 2.75) is 20.8 Å². The van der Waals surface area contributed by atoms with E-state index in [-0.39, 0.29) is 0 Å². The highest BCUT2D eigenvalue weighted by molar-refractivity contribution is 5.81. The van der Waals surface area contributed by atoms with Crippen LogP contribution >= 0.6 is 0 Å². The Balaban J connectivity index is 2.14. The van der Waals surface area contributed by atoms with E-state index in [1.807, 2.05) is 30.5 Å². The van der Waals surface area contributed by atoms with Gasteiger partial charge in [0.05, 0.1) is 5.69 Å². The number of aryl methyl sites for hydroxylation is 3. The van der Waals surface area contributed by atoms with Crippen LogP contribution in [0, 0.1) is 20.8 Å². The van der Waals surface area contributed by atoms with Crippen LogP contribution in [-0.2, 0) is 0 Å². The summed E-state index contributed by atoms with van der Waals surface area (Å²) in [6, 6.07) is 14.6. The molecule has 0 aromatic heterocycles. The molecule has 0 aliphatic carbocycles. The molecular weight excluding hydrogens is 230 g/mol. The molecule has 1 nitrogen and oxygen atoms in total. The third-order valence-corrected chi connectivity index (χ3v) is 3.01. The van der Waals surface area contributed by atoms with Crippen molar-refractivity contribution >= 4 is 18.0 Å². The van der Waals surface area contributed by atoms with Crippen LogP contribution in [0.5, 0.6) is 0 Å². The zero-order chi connectivity index (χ0) is 13.7. The fourth-order valence-electron chi connectivity index (χ4n) is 2.21. The summed E-state index contributed by atoms with van der Waals surface area (Å²) in [5.41, 5.74) is 5.99. The molecule has 0 radical (unpaired) electrons. The number of hydrogen-bond acceptors (Lipinski definition) is 1. The molecule has 19 heavy (non-hydrogen) atoms. The van der Waals surface area contributed by atoms with Crippen LogP contribution < -0.4 is 0 Å². The summed E-state index contributed by atoms with van der Waals surface area (Å²) < 4.78 is 0. The van der Waals surface area contributed by atoms with Crippen molar-refractivity contribution in [3.63, 3.8) is 0 Å². The zero-order valence-electron chi connectivity index (χ0n) is 11.7. The van der Waals surface area contributed by atoms with Crippen LogP contribution in [0.1, 0.15) is 22.3 Å². The van der Waals surface area contributed by atoms with Gasteiger partial charge in [-0.2, -0.15) is 0 Å². The lowest BCUT2D eigenvalue weighted by molar-refractivity contribution is 1.29. The summed E-state index contributed by atoms with van der Waals surface area (Å²) in [7, 11) is 0. The summed E-state index contributed by atoms with van der Waals surface area (Å²) in [4.78, 5) is 4.55. The SMILES string of the molecule is Cc1cc(C)c(N=C/C=C/c2ccccc2)c(C)c1. The minimum absolute atomic E-state index is 1.07. The maximum atomic E-state index is 4.55. The Morgan fingerprint density at radius 3 is 2.16 bits per heavy atom. The van der Waals surface area contributed by atoms with Gasteiger partial charge in [0.15, 0.2) is 0 Å². The van der Waals surface area contributed by atoms with E-state index in [4.69, 9.17) is 0 Å². The normalized spacial score (nSPS) is 11.5. The van der Waals surface area contributed by atoms with Gasteiger partial charge in [-0.1, -0.05) is 54.1 Å². The van der Waals surface area contributed by atoms with Crippen molar-refractivity contribution in [1.29, 1.82) is 0 Å². The van der Waals surface area contributed by atoms with Crippen molar-refractivity contribution in [3.05, 3.63) is 70.8 Å². The predicted molar refractivity (Wildman–Crippen MR) is 84.3 cm³/mol. The highest BCUT2D eigenvalue weighted by atomic mass is 14.7. The van der Waals surface area contributed by atoms with E-state index < -0.39 is 0 Å². The molecule has 0 amide bonds. The van der Waals surface area contributed by atoms with Gasteiger partial charge in [0.1, 0.15) is 0 Å². The van der Waals surface area contributed by atoms with Crippen LogP contribution in [0.25, 0.3) is 6.08 Å². The van der Waals surface area contributed by atoms with Crippen molar-refractivity contribution in [3.8, 4) is 0 Å². The van der Waals surface area contributed by atoms with Crippen LogP contribution in [0.15, 0.2) is 53.5 Å². The third kappa shape index (κ3) is 3.65. The number of rotatable bonds is 3. The first-order valence-corrected chi connectivity index (χ1v) is 6.50. The fraction of sp³-hybridized carbons (Fsp3) is 0.167. The van der Waals surface area contributed by atoms with Gasteiger partial charge in [-0.15, -0.1) is 0 Å². The van der Waals surface area contributed by atoms with Crippen molar-refractivity contribution in [1.82, 2.24) is 0 Å². The highest BCUT2D eigenvalue weighted by Gasteiger charge is 2.00. The molecule has 0 heterocycles. The Kier molecular flexibility index (Phi) is 4.30. The van der Waals surface area contributed by atoms with Gasteiger partial charge >= 0.3 is 0 Å². The molecule has 0 atom stereocenters. The van der Waals surface area contributed by atoms with Crippen molar-refractivity contribution < 1.29 is 0 Å². The lowest BCUT2D eigenvalue weighted by Crippen LogP contribution is -1.83. The molecule has 0 spiro atoms. The third-order valence-electron chi connectivity index (χ3n) is 3.01. The number of hydrogen-bond donors (Lipinski definition) is 0. The second-order valence-electron chi connectivity index (χ2n) is 4.80. The topological polar surface area (TPSA) is 12.4 Å². The van der Waals surface area contributed by atoms with E-state index in [0.29, 0.717) is 0 Å². The quantitative estimate of drug-likeness (QED) is 0.677. The molecule has 0 bridgehead atoms. The van der Waals surface area contributed by atoms with Gasteiger partial charge in [-0.3, -0.25) is 4.99 Å². The molecule has 1 heteroatoms. The zero-order valence-corrected chi connectivity index (χ0v) is 11.7. The van der Waals surface area contributed by atoms with Gasteiger partial charge in [0, 0.05) is 6.21 Å². The fourth-order valence-corrected chi connectivity index (χ4v) is 2.21. The Morgan fingerprint density at radius 1 is 0.895 bits per heavy atom. The number of nitrogens with zero attached hydrogens (tertiary/aromatic N) is 1. The van der Waals surface area contributed by atoms with E-state index in [2.05, 4.69) is 56.1 Å². The molecule has 96 valence electrons. The Hall–Kier alpha value is -2.15. The molecule has 2 aromatic carbocycles. The number of allylic oxidation sites excluding steroid dienone is 1. The first kappa shape index (κ1) is 13.3. The average Bonchev–Trinajstić information content (AvgIpc) is 2.38. The Bertz CT molecular complexity index is 584. The average molecular weight is 249 g/mol. The maximum Gasteiger partial charge on any atom is 0.0688 e. The summed E-state index contributed by atoms with van der Waals surface area (Å²) in [5, 5.41) is 0. The monoisotopic (exact) mass is 249 g/mol. The molecule has 0 N–H and O–H groups in total. The standard InChI is InChI=1S/C18H19N/c1-14-12-15(2)18(16(3)13-14)19-11-7-10-17-8-5-4-6-9-17/h4-13H,1-3H3/b10-7+,19-11?. The summed E-state index contributed by atoms with van der Waals surface area (Å²) in [5.74, 6) is 0.